The Balaban J connectivity index is 2.09. The lowest BCUT2D eigenvalue weighted by molar-refractivity contribution is 0.102. The van der Waals surface area contributed by atoms with E-state index in [1.165, 1.54) is 6.33 Å². The number of aromatic nitrogens is 3. The zero-order chi connectivity index (χ0) is 11.4. The molecule has 0 fully saturated rings. The molecule has 6 nitrogen and oxygen atoms in total. The number of amides is 1. The third kappa shape index (κ3) is 2.23. The molecule has 0 bridgehead atoms. The smallest absolute Gasteiger partial charge is 0.258 e. The Labute approximate surface area is 91.3 Å². The standard InChI is InChI=1S/C10H10N4O2/c15-5-7-1-3-8(4-2-7)9(16)13-10-11-6-12-14-10/h1-4,6,15H,5H2,(H2,11,12,13,14,16). The van der Waals surface area contributed by atoms with Crippen LogP contribution in [0.5, 0.6) is 0 Å². The first-order chi connectivity index (χ1) is 7.79. The van der Waals surface area contributed by atoms with Crippen LogP contribution in [0.2, 0.25) is 0 Å². The molecule has 0 atom stereocenters. The molecule has 0 saturated carbocycles. The van der Waals surface area contributed by atoms with Gasteiger partial charge in [-0.05, 0) is 17.7 Å². The molecule has 82 valence electrons. The van der Waals surface area contributed by atoms with Crippen molar-refractivity contribution in [1.82, 2.24) is 15.2 Å². The minimum atomic E-state index is -0.277. The summed E-state index contributed by atoms with van der Waals surface area (Å²) in [6, 6.07) is 6.65. The highest BCUT2D eigenvalue weighted by atomic mass is 16.3. The third-order valence-corrected chi connectivity index (χ3v) is 2.05. The summed E-state index contributed by atoms with van der Waals surface area (Å²) in [4.78, 5) is 15.4. The Kier molecular flexibility index (Phi) is 2.93. The predicted octanol–water partition coefficient (Wildman–Crippen LogP) is 0.549. The molecule has 1 amide bonds. The number of nitrogens with zero attached hydrogens (tertiary/aromatic N) is 2. The van der Waals surface area contributed by atoms with Gasteiger partial charge in [-0.25, -0.2) is 5.10 Å². The summed E-state index contributed by atoms with van der Waals surface area (Å²) in [5.41, 5.74) is 1.25. The van der Waals surface area contributed by atoms with E-state index in [4.69, 9.17) is 5.11 Å². The molecular weight excluding hydrogens is 208 g/mol. The molecule has 0 aliphatic rings. The quantitative estimate of drug-likeness (QED) is 0.701. The van der Waals surface area contributed by atoms with Crippen molar-refractivity contribution in [2.24, 2.45) is 0 Å². The van der Waals surface area contributed by atoms with Gasteiger partial charge in [-0.2, -0.15) is 10.1 Å². The molecule has 1 heterocycles. The maximum absolute atomic E-state index is 11.7. The molecule has 16 heavy (non-hydrogen) atoms. The maximum Gasteiger partial charge on any atom is 0.258 e. The summed E-state index contributed by atoms with van der Waals surface area (Å²) in [6.45, 7) is -0.0377. The summed E-state index contributed by atoms with van der Waals surface area (Å²) in [5, 5.41) is 17.5. The summed E-state index contributed by atoms with van der Waals surface area (Å²) in [5.74, 6) is 0.0254. The van der Waals surface area contributed by atoms with E-state index >= 15 is 0 Å². The highest BCUT2D eigenvalue weighted by molar-refractivity contribution is 6.03. The molecule has 0 unspecified atom stereocenters. The number of anilines is 1. The normalized spacial score (nSPS) is 10.1. The number of carbonyl (C=O) groups is 1. The van der Waals surface area contributed by atoms with Gasteiger partial charge in [-0.15, -0.1) is 0 Å². The van der Waals surface area contributed by atoms with Crippen LogP contribution in [0.3, 0.4) is 0 Å². The highest BCUT2D eigenvalue weighted by Gasteiger charge is 2.06. The predicted molar refractivity (Wildman–Crippen MR) is 56.7 cm³/mol. The zero-order valence-electron chi connectivity index (χ0n) is 8.34. The largest absolute Gasteiger partial charge is 0.392 e. The van der Waals surface area contributed by atoms with E-state index in [9.17, 15) is 4.79 Å². The van der Waals surface area contributed by atoms with Gasteiger partial charge >= 0.3 is 0 Å². The van der Waals surface area contributed by atoms with Crippen molar-refractivity contribution in [2.75, 3.05) is 5.32 Å². The van der Waals surface area contributed by atoms with Crippen LogP contribution >= 0.6 is 0 Å². The molecule has 6 heteroatoms. The van der Waals surface area contributed by atoms with Crippen LogP contribution in [0.1, 0.15) is 15.9 Å². The number of carbonyl (C=O) groups excluding carboxylic acids is 1. The number of hydrogen-bond donors (Lipinski definition) is 3. The van der Waals surface area contributed by atoms with Crippen LogP contribution < -0.4 is 5.32 Å². The van der Waals surface area contributed by atoms with Crippen LogP contribution in [0.15, 0.2) is 30.6 Å². The van der Waals surface area contributed by atoms with Crippen molar-refractivity contribution < 1.29 is 9.90 Å². The zero-order valence-corrected chi connectivity index (χ0v) is 8.34. The molecule has 0 saturated heterocycles. The SMILES string of the molecule is O=C(Nc1ncn[nH]1)c1ccc(CO)cc1. The fraction of sp³-hybridized carbons (Fsp3) is 0.100. The van der Waals surface area contributed by atoms with E-state index < -0.39 is 0 Å². The first kappa shape index (κ1) is 10.3. The number of nitrogens with one attached hydrogen (secondary N) is 2. The highest BCUT2D eigenvalue weighted by Crippen LogP contribution is 2.06. The van der Waals surface area contributed by atoms with Crippen molar-refractivity contribution >= 4 is 11.9 Å². The van der Waals surface area contributed by atoms with E-state index in [-0.39, 0.29) is 12.5 Å². The van der Waals surface area contributed by atoms with E-state index in [1.807, 2.05) is 0 Å². The lowest BCUT2D eigenvalue weighted by atomic mass is 10.1. The Hall–Kier alpha value is -2.21. The van der Waals surface area contributed by atoms with Crippen LogP contribution in [0, 0.1) is 0 Å². The number of rotatable bonds is 3. The molecule has 0 aliphatic heterocycles. The van der Waals surface area contributed by atoms with E-state index in [1.54, 1.807) is 24.3 Å². The number of aliphatic hydroxyl groups is 1. The molecule has 0 spiro atoms. The van der Waals surface area contributed by atoms with Crippen LogP contribution in [0.4, 0.5) is 5.95 Å². The second-order valence-electron chi connectivity index (χ2n) is 3.14. The third-order valence-electron chi connectivity index (χ3n) is 2.05. The minimum Gasteiger partial charge on any atom is -0.392 e. The van der Waals surface area contributed by atoms with Gasteiger partial charge in [0.1, 0.15) is 6.33 Å². The first-order valence-corrected chi connectivity index (χ1v) is 4.66. The van der Waals surface area contributed by atoms with Crippen molar-refractivity contribution in [3.63, 3.8) is 0 Å². The Morgan fingerprint density at radius 3 is 2.69 bits per heavy atom. The number of H-pyrrole nitrogens is 1. The number of hydrogen-bond acceptors (Lipinski definition) is 4. The Bertz CT molecular complexity index is 464. The molecule has 3 N–H and O–H groups in total. The van der Waals surface area contributed by atoms with Gasteiger partial charge in [0.05, 0.1) is 6.61 Å². The minimum absolute atomic E-state index is 0.0377. The second kappa shape index (κ2) is 4.54. The monoisotopic (exact) mass is 218 g/mol. The van der Waals surface area contributed by atoms with Gasteiger partial charge in [0.25, 0.3) is 5.91 Å². The number of aromatic amines is 1. The molecule has 0 radical (unpaired) electrons. The fourth-order valence-electron chi connectivity index (χ4n) is 1.21. The van der Waals surface area contributed by atoms with Gasteiger partial charge in [0.15, 0.2) is 0 Å². The lowest BCUT2D eigenvalue weighted by Gasteiger charge is -2.02. The average molecular weight is 218 g/mol. The maximum atomic E-state index is 11.7. The summed E-state index contributed by atoms with van der Waals surface area (Å²) >= 11 is 0. The van der Waals surface area contributed by atoms with Gasteiger partial charge < -0.3 is 5.11 Å². The molecule has 1 aromatic heterocycles. The van der Waals surface area contributed by atoms with Crippen LogP contribution in [0.25, 0.3) is 0 Å². The summed E-state index contributed by atoms with van der Waals surface area (Å²) in [7, 11) is 0. The van der Waals surface area contributed by atoms with E-state index in [2.05, 4.69) is 20.5 Å². The van der Waals surface area contributed by atoms with Gasteiger partial charge in [0, 0.05) is 5.56 Å². The summed E-state index contributed by atoms with van der Waals surface area (Å²) in [6.07, 6.45) is 1.31. The van der Waals surface area contributed by atoms with Crippen molar-refractivity contribution in [1.29, 1.82) is 0 Å². The molecule has 0 aliphatic carbocycles. The topological polar surface area (TPSA) is 90.9 Å². The Morgan fingerprint density at radius 1 is 1.38 bits per heavy atom. The molecular formula is C10H10N4O2. The summed E-state index contributed by atoms with van der Waals surface area (Å²) < 4.78 is 0. The van der Waals surface area contributed by atoms with Crippen LogP contribution in [-0.2, 0) is 6.61 Å². The van der Waals surface area contributed by atoms with Gasteiger partial charge in [0.2, 0.25) is 5.95 Å². The fourth-order valence-corrected chi connectivity index (χ4v) is 1.21. The van der Waals surface area contributed by atoms with E-state index in [0.717, 1.165) is 5.56 Å². The molecule has 1 aromatic carbocycles. The van der Waals surface area contributed by atoms with Gasteiger partial charge in [-0.1, -0.05) is 12.1 Å². The van der Waals surface area contributed by atoms with Crippen LogP contribution in [-0.4, -0.2) is 26.2 Å². The lowest BCUT2D eigenvalue weighted by Crippen LogP contribution is -2.12. The van der Waals surface area contributed by atoms with Crippen molar-refractivity contribution in [2.45, 2.75) is 6.61 Å². The van der Waals surface area contributed by atoms with Gasteiger partial charge in [-0.3, -0.25) is 10.1 Å². The average Bonchev–Trinajstić information content (AvgIpc) is 2.82. The Morgan fingerprint density at radius 2 is 2.12 bits per heavy atom. The van der Waals surface area contributed by atoms with Crippen molar-refractivity contribution in [3.05, 3.63) is 41.7 Å². The first-order valence-electron chi connectivity index (χ1n) is 4.66. The second-order valence-corrected chi connectivity index (χ2v) is 3.14. The van der Waals surface area contributed by atoms with Crippen molar-refractivity contribution in [3.8, 4) is 0 Å². The van der Waals surface area contributed by atoms with E-state index in [0.29, 0.717) is 11.5 Å². The molecule has 2 rings (SSSR count). The molecule has 2 aromatic rings. The number of aliphatic hydroxyl groups excluding tert-OH is 1. The number of benzene rings is 1.